The third kappa shape index (κ3) is 3.76. The number of carboxylic acids is 1. The van der Waals surface area contributed by atoms with Gasteiger partial charge in [0.05, 0.1) is 5.92 Å². The van der Waals surface area contributed by atoms with E-state index in [1.54, 1.807) is 0 Å². The van der Waals surface area contributed by atoms with Gasteiger partial charge >= 0.3 is 5.97 Å². The van der Waals surface area contributed by atoms with E-state index in [2.05, 4.69) is 37.4 Å². The second-order valence-corrected chi connectivity index (χ2v) is 5.05. The summed E-state index contributed by atoms with van der Waals surface area (Å²) in [4.78, 5) is 11.0. The van der Waals surface area contributed by atoms with Crippen molar-refractivity contribution in [2.75, 3.05) is 11.9 Å². The minimum atomic E-state index is -0.734. The second kappa shape index (κ2) is 6.43. The molecule has 0 aromatic heterocycles. The molecule has 1 unspecified atom stereocenters. The van der Waals surface area contributed by atoms with Crippen LogP contribution in [0.5, 0.6) is 0 Å². The Morgan fingerprint density at radius 2 is 2.06 bits per heavy atom. The molecule has 0 saturated carbocycles. The Labute approximate surface area is 109 Å². The minimum absolute atomic E-state index is 0.327. The summed E-state index contributed by atoms with van der Waals surface area (Å²) in [6, 6.07) is 6.33. The van der Waals surface area contributed by atoms with Crippen molar-refractivity contribution in [1.82, 2.24) is 0 Å². The molecule has 18 heavy (non-hydrogen) atoms. The van der Waals surface area contributed by atoms with Crippen LogP contribution in [0.25, 0.3) is 0 Å². The van der Waals surface area contributed by atoms with Gasteiger partial charge in [0.2, 0.25) is 0 Å². The predicted molar refractivity (Wildman–Crippen MR) is 75.2 cm³/mol. The first-order chi connectivity index (χ1) is 8.45. The van der Waals surface area contributed by atoms with Gasteiger partial charge in [-0.05, 0) is 36.5 Å². The SMILES string of the molecule is CCC(CNc1cc(C(C)C)ccc1C)C(=O)O. The maximum absolute atomic E-state index is 11.0. The molecule has 0 saturated heterocycles. The monoisotopic (exact) mass is 249 g/mol. The lowest BCUT2D eigenvalue weighted by molar-refractivity contribution is -0.141. The lowest BCUT2D eigenvalue weighted by Gasteiger charge is -2.16. The third-order valence-corrected chi connectivity index (χ3v) is 3.31. The molecule has 2 N–H and O–H groups in total. The van der Waals surface area contributed by atoms with Gasteiger partial charge < -0.3 is 10.4 Å². The van der Waals surface area contributed by atoms with Crippen molar-refractivity contribution in [2.24, 2.45) is 5.92 Å². The molecule has 3 nitrogen and oxygen atoms in total. The Bertz CT molecular complexity index is 413. The van der Waals surface area contributed by atoms with Crippen LogP contribution in [0.1, 0.15) is 44.2 Å². The number of hydrogen-bond acceptors (Lipinski definition) is 2. The number of aliphatic carboxylic acids is 1. The Hall–Kier alpha value is -1.51. The number of nitrogens with one attached hydrogen (secondary N) is 1. The zero-order valence-electron chi connectivity index (χ0n) is 11.7. The van der Waals surface area contributed by atoms with E-state index in [1.165, 1.54) is 5.56 Å². The first-order valence-electron chi connectivity index (χ1n) is 6.52. The zero-order valence-corrected chi connectivity index (χ0v) is 11.7. The third-order valence-electron chi connectivity index (χ3n) is 3.31. The molecular formula is C15H23NO2. The van der Waals surface area contributed by atoms with Crippen LogP contribution in [-0.4, -0.2) is 17.6 Å². The normalized spacial score (nSPS) is 12.5. The van der Waals surface area contributed by atoms with E-state index >= 15 is 0 Å². The zero-order chi connectivity index (χ0) is 13.7. The maximum atomic E-state index is 11.0. The van der Waals surface area contributed by atoms with Crippen LogP contribution in [0.15, 0.2) is 18.2 Å². The molecule has 0 heterocycles. The van der Waals surface area contributed by atoms with Gasteiger partial charge in [-0.15, -0.1) is 0 Å². The largest absolute Gasteiger partial charge is 0.481 e. The smallest absolute Gasteiger partial charge is 0.308 e. The molecule has 0 aliphatic heterocycles. The molecule has 1 aromatic carbocycles. The van der Waals surface area contributed by atoms with Gasteiger partial charge in [0.25, 0.3) is 0 Å². The molecule has 1 aromatic rings. The summed E-state index contributed by atoms with van der Waals surface area (Å²) in [7, 11) is 0. The van der Waals surface area contributed by atoms with Crippen LogP contribution in [0.4, 0.5) is 5.69 Å². The van der Waals surface area contributed by atoms with Crippen molar-refractivity contribution in [3.8, 4) is 0 Å². The molecule has 100 valence electrons. The molecule has 1 atom stereocenters. The molecule has 0 radical (unpaired) electrons. The van der Waals surface area contributed by atoms with Crippen molar-refractivity contribution in [1.29, 1.82) is 0 Å². The summed E-state index contributed by atoms with van der Waals surface area (Å²) in [5.74, 6) is -0.581. The molecule has 0 aliphatic rings. The molecule has 0 fully saturated rings. The number of rotatable bonds is 6. The highest BCUT2D eigenvalue weighted by Crippen LogP contribution is 2.22. The average molecular weight is 249 g/mol. The highest BCUT2D eigenvalue weighted by Gasteiger charge is 2.14. The van der Waals surface area contributed by atoms with E-state index in [9.17, 15) is 4.79 Å². The van der Waals surface area contributed by atoms with Crippen molar-refractivity contribution in [3.05, 3.63) is 29.3 Å². The summed E-state index contributed by atoms with van der Waals surface area (Å²) >= 11 is 0. The van der Waals surface area contributed by atoms with Gasteiger partial charge in [0.1, 0.15) is 0 Å². The molecular weight excluding hydrogens is 226 g/mol. The van der Waals surface area contributed by atoms with Gasteiger partial charge in [-0.25, -0.2) is 0 Å². The lowest BCUT2D eigenvalue weighted by atomic mass is 10.00. The number of anilines is 1. The average Bonchev–Trinajstić information content (AvgIpc) is 2.31. The van der Waals surface area contributed by atoms with Crippen molar-refractivity contribution >= 4 is 11.7 Å². The van der Waals surface area contributed by atoms with Crippen LogP contribution in [0, 0.1) is 12.8 Å². The van der Waals surface area contributed by atoms with Crippen molar-refractivity contribution < 1.29 is 9.90 Å². The predicted octanol–water partition coefficient (Wildman–Crippen LogP) is 3.64. The van der Waals surface area contributed by atoms with E-state index in [1.807, 2.05) is 13.8 Å². The quantitative estimate of drug-likeness (QED) is 0.809. The summed E-state index contributed by atoms with van der Waals surface area (Å²) in [5, 5.41) is 12.3. The van der Waals surface area contributed by atoms with Crippen LogP contribution < -0.4 is 5.32 Å². The highest BCUT2D eigenvalue weighted by molar-refractivity contribution is 5.71. The summed E-state index contributed by atoms with van der Waals surface area (Å²) in [5.41, 5.74) is 3.46. The Morgan fingerprint density at radius 3 is 2.56 bits per heavy atom. The van der Waals surface area contributed by atoms with E-state index in [0.29, 0.717) is 18.9 Å². The molecule has 0 bridgehead atoms. The first-order valence-corrected chi connectivity index (χ1v) is 6.52. The molecule has 0 spiro atoms. The fraction of sp³-hybridized carbons (Fsp3) is 0.533. The second-order valence-electron chi connectivity index (χ2n) is 5.05. The summed E-state index contributed by atoms with van der Waals surface area (Å²) < 4.78 is 0. The topological polar surface area (TPSA) is 49.3 Å². The van der Waals surface area contributed by atoms with E-state index in [-0.39, 0.29) is 5.92 Å². The standard InChI is InChI=1S/C15H23NO2/c1-5-12(15(17)18)9-16-14-8-13(10(2)3)7-6-11(14)4/h6-8,10,12,16H,5,9H2,1-4H3,(H,17,18). The summed E-state index contributed by atoms with van der Waals surface area (Å²) in [6.45, 7) is 8.72. The van der Waals surface area contributed by atoms with E-state index in [0.717, 1.165) is 11.3 Å². The van der Waals surface area contributed by atoms with Gasteiger partial charge in [0, 0.05) is 12.2 Å². The maximum Gasteiger partial charge on any atom is 0.308 e. The van der Waals surface area contributed by atoms with E-state index < -0.39 is 5.97 Å². The van der Waals surface area contributed by atoms with Gasteiger partial charge in [-0.1, -0.05) is 32.9 Å². The van der Waals surface area contributed by atoms with Crippen molar-refractivity contribution in [3.63, 3.8) is 0 Å². The molecule has 0 amide bonds. The highest BCUT2D eigenvalue weighted by atomic mass is 16.4. The van der Waals surface area contributed by atoms with Crippen LogP contribution in [-0.2, 0) is 4.79 Å². The minimum Gasteiger partial charge on any atom is -0.481 e. The first kappa shape index (κ1) is 14.6. The molecule has 3 heteroatoms. The van der Waals surface area contributed by atoms with Crippen LogP contribution in [0.3, 0.4) is 0 Å². The number of carboxylic acid groups (broad SMARTS) is 1. The van der Waals surface area contributed by atoms with E-state index in [4.69, 9.17) is 5.11 Å². The van der Waals surface area contributed by atoms with Crippen molar-refractivity contribution in [2.45, 2.75) is 40.0 Å². The Morgan fingerprint density at radius 1 is 1.39 bits per heavy atom. The number of hydrogen-bond donors (Lipinski definition) is 2. The number of aryl methyl sites for hydroxylation is 1. The van der Waals surface area contributed by atoms with Gasteiger partial charge in [0.15, 0.2) is 0 Å². The van der Waals surface area contributed by atoms with Gasteiger partial charge in [-0.2, -0.15) is 0 Å². The molecule has 0 aliphatic carbocycles. The Balaban J connectivity index is 2.77. The van der Waals surface area contributed by atoms with Crippen LogP contribution >= 0.6 is 0 Å². The van der Waals surface area contributed by atoms with Gasteiger partial charge in [-0.3, -0.25) is 4.79 Å². The van der Waals surface area contributed by atoms with Crippen LogP contribution in [0.2, 0.25) is 0 Å². The Kier molecular flexibility index (Phi) is 5.20. The fourth-order valence-electron chi connectivity index (χ4n) is 1.83. The summed E-state index contributed by atoms with van der Waals surface area (Å²) in [6.07, 6.45) is 0.644. The number of carbonyl (C=O) groups is 1. The fourth-order valence-corrected chi connectivity index (χ4v) is 1.83. The number of benzene rings is 1. The molecule has 1 rings (SSSR count). The lowest BCUT2D eigenvalue weighted by Crippen LogP contribution is -2.22.